The number of hydrogen-bond acceptors (Lipinski definition) is 2. The summed E-state index contributed by atoms with van der Waals surface area (Å²) in [5, 5.41) is 13.9. The van der Waals surface area contributed by atoms with Crippen LogP contribution in [-0.4, -0.2) is 14.9 Å². The number of rotatable bonds is 4. The second kappa shape index (κ2) is 5.15. The molecule has 0 spiro atoms. The number of benzene rings is 1. The van der Waals surface area contributed by atoms with E-state index in [1.165, 1.54) is 0 Å². The summed E-state index contributed by atoms with van der Waals surface area (Å²) in [7, 11) is 0. The fourth-order valence-electron chi connectivity index (χ4n) is 1.89. The molecule has 1 aromatic heterocycles. The molecule has 0 unspecified atom stereocenters. The van der Waals surface area contributed by atoms with Gasteiger partial charge in [-0.25, -0.2) is 0 Å². The van der Waals surface area contributed by atoms with Crippen molar-refractivity contribution in [2.75, 3.05) is 0 Å². The molecule has 1 heterocycles. The van der Waals surface area contributed by atoms with Crippen molar-refractivity contribution in [3.63, 3.8) is 0 Å². The van der Waals surface area contributed by atoms with Crippen LogP contribution in [0.5, 0.6) is 0 Å². The zero-order chi connectivity index (χ0) is 12.3. The van der Waals surface area contributed by atoms with Crippen LogP contribution in [0.2, 0.25) is 0 Å². The molecule has 0 fully saturated rings. The third-order valence-electron chi connectivity index (χ3n) is 2.61. The van der Waals surface area contributed by atoms with Gasteiger partial charge in [-0.05, 0) is 5.92 Å². The van der Waals surface area contributed by atoms with Gasteiger partial charge in [0.05, 0.1) is 12.3 Å². The van der Waals surface area contributed by atoms with E-state index in [1.807, 2.05) is 41.2 Å². The van der Waals surface area contributed by atoms with E-state index >= 15 is 0 Å². The van der Waals surface area contributed by atoms with Gasteiger partial charge in [0, 0.05) is 23.9 Å². The van der Waals surface area contributed by atoms with Crippen LogP contribution in [-0.2, 0) is 13.2 Å². The molecule has 0 saturated carbocycles. The molecule has 0 aliphatic carbocycles. The topological polar surface area (TPSA) is 38.0 Å². The number of nitrogens with zero attached hydrogens (tertiary/aromatic N) is 2. The van der Waals surface area contributed by atoms with E-state index < -0.39 is 0 Å². The molecule has 1 aromatic carbocycles. The van der Waals surface area contributed by atoms with E-state index in [-0.39, 0.29) is 6.61 Å². The van der Waals surface area contributed by atoms with Gasteiger partial charge >= 0.3 is 0 Å². The first-order valence-electron chi connectivity index (χ1n) is 5.93. The minimum atomic E-state index is 0.0301. The van der Waals surface area contributed by atoms with Crippen LogP contribution in [0.4, 0.5) is 0 Å². The van der Waals surface area contributed by atoms with Crippen molar-refractivity contribution in [1.82, 2.24) is 9.78 Å². The Hall–Kier alpha value is -1.61. The molecule has 3 heteroatoms. The van der Waals surface area contributed by atoms with Gasteiger partial charge in [0.1, 0.15) is 0 Å². The average Bonchev–Trinajstić information content (AvgIpc) is 2.72. The highest BCUT2D eigenvalue weighted by molar-refractivity contribution is 5.62. The Balaban J connectivity index is 2.36. The highest BCUT2D eigenvalue weighted by atomic mass is 16.3. The number of hydrogen-bond donors (Lipinski definition) is 1. The van der Waals surface area contributed by atoms with E-state index in [0.717, 1.165) is 23.4 Å². The second-order valence-electron chi connectivity index (χ2n) is 4.64. The first-order valence-corrected chi connectivity index (χ1v) is 5.93. The predicted octanol–water partition coefficient (Wildman–Crippen LogP) is 2.70. The summed E-state index contributed by atoms with van der Waals surface area (Å²) >= 11 is 0. The predicted molar refractivity (Wildman–Crippen MR) is 68.4 cm³/mol. The molecular formula is C14H18N2O. The monoisotopic (exact) mass is 230 g/mol. The molecule has 2 aromatic rings. The average molecular weight is 230 g/mol. The van der Waals surface area contributed by atoms with Crippen LogP contribution < -0.4 is 0 Å². The van der Waals surface area contributed by atoms with Gasteiger partial charge < -0.3 is 5.11 Å². The molecule has 0 radical (unpaired) electrons. The molecule has 90 valence electrons. The second-order valence-corrected chi connectivity index (χ2v) is 4.64. The number of aromatic nitrogens is 2. The fraction of sp³-hybridized carbons (Fsp3) is 0.357. The van der Waals surface area contributed by atoms with Gasteiger partial charge in [-0.15, -0.1) is 0 Å². The first kappa shape index (κ1) is 11.9. The quantitative estimate of drug-likeness (QED) is 0.877. The molecule has 0 amide bonds. The summed E-state index contributed by atoms with van der Waals surface area (Å²) in [4.78, 5) is 0. The van der Waals surface area contributed by atoms with Crippen LogP contribution in [0.3, 0.4) is 0 Å². The number of aliphatic hydroxyl groups is 1. The Morgan fingerprint density at radius 2 is 1.94 bits per heavy atom. The van der Waals surface area contributed by atoms with Crippen molar-refractivity contribution < 1.29 is 5.11 Å². The lowest BCUT2D eigenvalue weighted by atomic mass is 10.1. The molecule has 0 aliphatic heterocycles. The smallest absolute Gasteiger partial charge is 0.0978 e. The van der Waals surface area contributed by atoms with Crippen LogP contribution in [0.15, 0.2) is 36.5 Å². The normalized spacial score (nSPS) is 11.1. The maximum absolute atomic E-state index is 9.37. The SMILES string of the molecule is CC(C)Cn1cc(CO)c(-c2ccccc2)n1. The lowest BCUT2D eigenvalue weighted by Crippen LogP contribution is -2.04. The van der Waals surface area contributed by atoms with Crippen molar-refractivity contribution in [2.45, 2.75) is 27.0 Å². The van der Waals surface area contributed by atoms with Crippen LogP contribution in [0.25, 0.3) is 11.3 Å². The lowest BCUT2D eigenvalue weighted by molar-refractivity contribution is 0.282. The van der Waals surface area contributed by atoms with E-state index in [2.05, 4.69) is 18.9 Å². The summed E-state index contributed by atoms with van der Waals surface area (Å²) in [6, 6.07) is 9.98. The Morgan fingerprint density at radius 1 is 1.24 bits per heavy atom. The Kier molecular flexibility index (Phi) is 3.59. The van der Waals surface area contributed by atoms with Crippen molar-refractivity contribution in [2.24, 2.45) is 5.92 Å². The van der Waals surface area contributed by atoms with Gasteiger partial charge in [0.2, 0.25) is 0 Å². The molecule has 1 N–H and O–H groups in total. The zero-order valence-corrected chi connectivity index (χ0v) is 10.3. The summed E-state index contributed by atoms with van der Waals surface area (Å²) in [5.74, 6) is 0.546. The molecule has 2 rings (SSSR count). The maximum Gasteiger partial charge on any atom is 0.0978 e. The van der Waals surface area contributed by atoms with Gasteiger partial charge in [0.15, 0.2) is 0 Å². The highest BCUT2D eigenvalue weighted by Gasteiger charge is 2.10. The van der Waals surface area contributed by atoms with E-state index in [9.17, 15) is 5.11 Å². The minimum Gasteiger partial charge on any atom is -0.392 e. The molecule has 0 saturated heterocycles. The van der Waals surface area contributed by atoms with E-state index in [4.69, 9.17) is 0 Å². The van der Waals surface area contributed by atoms with Crippen molar-refractivity contribution >= 4 is 0 Å². The molecule has 0 bridgehead atoms. The van der Waals surface area contributed by atoms with Gasteiger partial charge in [-0.2, -0.15) is 5.10 Å². The summed E-state index contributed by atoms with van der Waals surface area (Å²) < 4.78 is 1.92. The molecular weight excluding hydrogens is 212 g/mol. The zero-order valence-electron chi connectivity index (χ0n) is 10.3. The number of aliphatic hydroxyl groups excluding tert-OH is 1. The third-order valence-corrected chi connectivity index (χ3v) is 2.61. The Morgan fingerprint density at radius 3 is 2.53 bits per heavy atom. The van der Waals surface area contributed by atoms with Crippen LogP contribution >= 0.6 is 0 Å². The van der Waals surface area contributed by atoms with Crippen LogP contribution in [0.1, 0.15) is 19.4 Å². The maximum atomic E-state index is 9.37. The van der Waals surface area contributed by atoms with Crippen LogP contribution in [0, 0.1) is 5.92 Å². The minimum absolute atomic E-state index is 0.0301. The van der Waals surface area contributed by atoms with E-state index in [0.29, 0.717) is 5.92 Å². The largest absolute Gasteiger partial charge is 0.392 e. The molecule has 17 heavy (non-hydrogen) atoms. The van der Waals surface area contributed by atoms with E-state index in [1.54, 1.807) is 0 Å². The van der Waals surface area contributed by atoms with Crippen molar-refractivity contribution in [3.8, 4) is 11.3 Å². The third kappa shape index (κ3) is 2.74. The Labute approximate surface area is 102 Å². The highest BCUT2D eigenvalue weighted by Crippen LogP contribution is 2.22. The van der Waals surface area contributed by atoms with Gasteiger partial charge in [-0.3, -0.25) is 4.68 Å². The lowest BCUT2D eigenvalue weighted by Gasteiger charge is -2.03. The standard InChI is InChI=1S/C14H18N2O/c1-11(2)8-16-9-13(10-17)14(15-16)12-6-4-3-5-7-12/h3-7,9,11,17H,8,10H2,1-2H3. The van der Waals surface area contributed by atoms with Gasteiger partial charge in [-0.1, -0.05) is 44.2 Å². The van der Waals surface area contributed by atoms with Gasteiger partial charge in [0.25, 0.3) is 0 Å². The Bertz CT molecular complexity index is 474. The summed E-state index contributed by atoms with van der Waals surface area (Å²) in [6.45, 7) is 5.22. The van der Waals surface area contributed by atoms with Crippen molar-refractivity contribution in [1.29, 1.82) is 0 Å². The summed E-state index contributed by atoms with van der Waals surface area (Å²) in [5.41, 5.74) is 2.82. The molecule has 3 nitrogen and oxygen atoms in total. The fourth-order valence-corrected chi connectivity index (χ4v) is 1.89. The molecule has 0 atom stereocenters. The summed E-state index contributed by atoms with van der Waals surface area (Å²) in [6.07, 6.45) is 1.93. The van der Waals surface area contributed by atoms with Crippen molar-refractivity contribution in [3.05, 3.63) is 42.1 Å². The first-order chi connectivity index (χ1) is 8.20. The molecule has 0 aliphatic rings.